The van der Waals surface area contributed by atoms with Gasteiger partial charge in [0, 0.05) is 58.3 Å². The van der Waals surface area contributed by atoms with Gasteiger partial charge in [-0.1, -0.05) is 30.3 Å². The number of para-hydroxylation sites is 1. The highest BCUT2D eigenvalue weighted by molar-refractivity contribution is 5.93. The Balaban J connectivity index is 1.19. The van der Waals surface area contributed by atoms with Gasteiger partial charge in [-0.2, -0.15) is 0 Å². The van der Waals surface area contributed by atoms with Gasteiger partial charge in [-0.05, 0) is 57.1 Å². The van der Waals surface area contributed by atoms with E-state index < -0.39 is 0 Å². The number of H-pyrrole nitrogens is 1. The summed E-state index contributed by atoms with van der Waals surface area (Å²) >= 11 is 0. The largest absolute Gasteiger partial charge is 0.355 e. The van der Waals surface area contributed by atoms with Crippen LogP contribution in [0.25, 0.3) is 22.2 Å². The van der Waals surface area contributed by atoms with Crippen molar-refractivity contribution in [3.63, 3.8) is 0 Å². The van der Waals surface area contributed by atoms with Gasteiger partial charge in [0.15, 0.2) is 0 Å². The Morgan fingerprint density at radius 2 is 1.84 bits per heavy atom. The third-order valence-corrected chi connectivity index (χ3v) is 6.17. The molecule has 162 valence electrons. The van der Waals surface area contributed by atoms with E-state index in [2.05, 4.69) is 49.4 Å². The minimum atomic E-state index is 0.0391. The lowest BCUT2D eigenvalue weighted by atomic mass is 9.95. The third-order valence-electron chi connectivity index (χ3n) is 6.17. The molecule has 1 fully saturated rings. The summed E-state index contributed by atoms with van der Waals surface area (Å²) in [7, 11) is 0. The van der Waals surface area contributed by atoms with E-state index in [1.54, 1.807) is 0 Å². The van der Waals surface area contributed by atoms with Crippen LogP contribution in [0, 0.1) is 12.8 Å². The van der Waals surface area contributed by atoms with Crippen molar-refractivity contribution in [3.8, 4) is 11.3 Å². The van der Waals surface area contributed by atoms with Crippen LogP contribution in [0.3, 0.4) is 0 Å². The number of anilines is 1. The Bertz CT molecular complexity index is 1190. The number of aryl methyl sites for hydroxylation is 1. The molecule has 0 spiro atoms. The number of aromatic amines is 1. The van der Waals surface area contributed by atoms with E-state index in [1.807, 2.05) is 49.6 Å². The Labute approximate surface area is 187 Å². The number of benzene rings is 2. The Morgan fingerprint density at radius 3 is 2.62 bits per heavy atom. The fraction of sp³-hybridized carbons (Fsp3) is 0.269. The van der Waals surface area contributed by atoms with E-state index in [0.717, 1.165) is 66.3 Å². The van der Waals surface area contributed by atoms with Crippen LogP contribution in [0.5, 0.6) is 0 Å². The van der Waals surface area contributed by atoms with Crippen molar-refractivity contribution in [1.82, 2.24) is 19.9 Å². The summed E-state index contributed by atoms with van der Waals surface area (Å²) in [6.45, 7) is 4.53. The summed E-state index contributed by atoms with van der Waals surface area (Å²) in [6, 6.07) is 18.4. The lowest BCUT2D eigenvalue weighted by Gasteiger charge is -2.31. The van der Waals surface area contributed by atoms with Gasteiger partial charge in [-0.3, -0.25) is 9.69 Å². The zero-order chi connectivity index (χ0) is 21.9. The Kier molecular flexibility index (Phi) is 5.69. The van der Waals surface area contributed by atoms with Crippen LogP contribution in [0.2, 0.25) is 0 Å². The predicted octanol–water partition coefficient (Wildman–Crippen LogP) is 4.78. The Morgan fingerprint density at radius 1 is 1.06 bits per heavy atom. The summed E-state index contributed by atoms with van der Waals surface area (Å²) in [6.07, 6.45) is 5.50. The predicted molar refractivity (Wildman–Crippen MR) is 127 cm³/mol. The molecule has 2 aromatic heterocycles. The fourth-order valence-electron chi connectivity index (χ4n) is 4.35. The quantitative estimate of drug-likeness (QED) is 0.482. The van der Waals surface area contributed by atoms with Gasteiger partial charge in [0.2, 0.25) is 5.91 Å². The van der Waals surface area contributed by atoms with Crippen molar-refractivity contribution >= 4 is 22.5 Å². The molecule has 1 aliphatic rings. The topological polar surface area (TPSA) is 73.9 Å². The summed E-state index contributed by atoms with van der Waals surface area (Å²) in [5.41, 5.74) is 5.18. The minimum absolute atomic E-state index is 0.0391. The SMILES string of the molecule is Cc1ncc(CN2CCC(C(=O)Nc3cccc(-c4cc5ccccc5[nH]4)c3)CC2)cn1. The Hall–Kier alpha value is -3.51. The molecular weight excluding hydrogens is 398 g/mol. The molecule has 5 rings (SSSR count). The molecule has 2 aromatic carbocycles. The molecule has 32 heavy (non-hydrogen) atoms. The zero-order valence-corrected chi connectivity index (χ0v) is 18.2. The molecule has 1 aliphatic heterocycles. The van der Waals surface area contributed by atoms with E-state index in [-0.39, 0.29) is 11.8 Å². The number of likely N-dealkylation sites (tertiary alicyclic amines) is 1. The first-order valence-corrected chi connectivity index (χ1v) is 11.1. The molecule has 2 N–H and O–H groups in total. The second-order valence-electron chi connectivity index (χ2n) is 8.53. The van der Waals surface area contributed by atoms with Crippen molar-refractivity contribution in [2.75, 3.05) is 18.4 Å². The van der Waals surface area contributed by atoms with Gasteiger partial charge in [0.1, 0.15) is 5.82 Å². The molecule has 0 aliphatic carbocycles. The van der Waals surface area contributed by atoms with Crippen LogP contribution >= 0.6 is 0 Å². The first-order valence-electron chi connectivity index (χ1n) is 11.1. The summed E-state index contributed by atoms with van der Waals surface area (Å²) in [4.78, 5) is 27.3. The molecule has 0 bridgehead atoms. The molecule has 4 aromatic rings. The smallest absolute Gasteiger partial charge is 0.227 e. The van der Waals surface area contributed by atoms with Crippen LogP contribution in [-0.4, -0.2) is 38.8 Å². The summed E-state index contributed by atoms with van der Waals surface area (Å²) in [5.74, 6) is 0.937. The van der Waals surface area contributed by atoms with E-state index >= 15 is 0 Å². The molecule has 6 nitrogen and oxygen atoms in total. The monoisotopic (exact) mass is 425 g/mol. The van der Waals surface area contributed by atoms with Crippen LogP contribution in [0.4, 0.5) is 5.69 Å². The van der Waals surface area contributed by atoms with Gasteiger partial charge in [0.25, 0.3) is 0 Å². The van der Waals surface area contributed by atoms with Gasteiger partial charge in [-0.15, -0.1) is 0 Å². The number of fused-ring (bicyclic) bond motifs is 1. The molecular formula is C26H27N5O. The lowest BCUT2D eigenvalue weighted by Crippen LogP contribution is -2.37. The van der Waals surface area contributed by atoms with Crippen LogP contribution in [0.15, 0.2) is 67.0 Å². The number of nitrogens with zero attached hydrogens (tertiary/aromatic N) is 3. The summed E-state index contributed by atoms with van der Waals surface area (Å²) < 4.78 is 0. The summed E-state index contributed by atoms with van der Waals surface area (Å²) in [5, 5.41) is 4.32. The minimum Gasteiger partial charge on any atom is -0.355 e. The molecule has 0 radical (unpaired) electrons. The number of aromatic nitrogens is 3. The zero-order valence-electron chi connectivity index (χ0n) is 18.2. The van der Waals surface area contributed by atoms with E-state index in [1.165, 1.54) is 5.39 Å². The number of hydrogen-bond donors (Lipinski definition) is 2. The third kappa shape index (κ3) is 4.55. The highest BCUT2D eigenvalue weighted by Crippen LogP contribution is 2.27. The average Bonchev–Trinajstić information content (AvgIpc) is 3.26. The van der Waals surface area contributed by atoms with Gasteiger partial charge in [0.05, 0.1) is 0 Å². The van der Waals surface area contributed by atoms with Crippen LogP contribution < -0.4 is 5.32 Å². The number of piperidine rings is 1. The van der Waals surface area contributed by atoms with Crippen LogP contribution in [0.1, 0.15) is 24.2 Å². The van der Waals surface area contributed by atoms with Crippen molar-refractivity contribution in [1.29, 1.82) is 0 Å². The van der Waals surface area contributed by atoms with E-state index in [0.29, 0.717) is 0 Å². The van der Waals surface area contributed by atoms with Crippen molar-refractivity contribution in [2.24, 2.45) is 5.92 Å². The normalized spacial score (nSPS) is 15.2. The van der Waals surface area contributed by atoms with Crippen molar-refractivity contribution in [2.45, 2.75) is 26.3 Å². The number of hydrogen-bond acceptors (Lipinski definition) is 4. The van der Waals surface area contributed by atoms with Crippen LogP contribution in [-0.2, 0) is 11.3 Å². The number of rotatable bonds is 5. The highest BCUT2D eigenvalue weighted by Gasteiger charge is 2.25. The lowest BCUT2D eigenvalue weighted by molar-refractivity contribution is -0.121. The van der Waals surface area contributed by atoms with E-state index in [9.17, 15) is 4.79 Å². The first kappa shape index (κ1) is 20.4. The molecule has 0 saturated carbocycles. The number of amides is 1. The first-order chi connectivity index (χ1) is 15.6. The van der Waals surface area contributed by atoms with Gasteiger partial charge in [-0.25, -0.2) is 9.97 Å². The number of carbonyl (C=O) groups excluding carboxylic acids is 1. The van der Waals surface area contributed by atoms with Gasteiger partial charge < -0.3 is 10.3 Å². The second kappa shape index (κ2) is 8.93. The molecule has 1 saturated heterocycles. The standard InChI is InChI=1S/C26H27N5O/c1-18-27-15-19(16-28-18)17-31-11-9-20(10-12-31)26(32)29-23-7-4-6-21(13-23)25-14-22-5-2-3-8-24(22)30-25/h2-8,13-16,20,30H,9-12,17H2,1H3,(H,29,32). The average molecular weight is 426 g/mol. The molecule has 0 atom stereocenters. The maximum Gasteiger partial charge on any atom is 0.227 e. The second-order valence-corrected chi connectivity index (χ2v) is 8.53. The van der Waals surface area contributed by atoms with E-state index in [4.69, 9.17) is 0 Å². The van der Waals surface area contributed by atoms with Gasteiger partial charge >= 0.3 is 0 Å². The fourth-order valence-corrected chi connectivity index (χ4v) is 4.35. The number of nitrogens with one attached hydrogen (secondary N) is 2. The van der Waals surface area contributed by atoms with Crippen molar-refractivity contribution < 1.29 is 4.79 Å². The number of carbonyl (C=O) groups is 1. The maximum absolute atomic E-state index is 12.9. The highest BCUT2D eigenvalue weighted by atomic mass is 16.1. The maximum atomic E-state index is 12.9. The molecule has 1 amide bonds. The molecule has 3 heterocycles. The van der Waals surface area contributed by atoms with Crippen molar-refractivity contribution in [3.05, 3.63) is 78.4 Å². The molecule has 0 unspecified atom stereocenters. The molecule has 6 heteroatoms.